The molecule has 9 heteroatoms. The number of fused-ring (bicyclic) bond motifs is 2. The molecule has 2 N–H and O–H groups in total. The van der Waals surface area contributed by atoms with Crippen LogP contribution in [0.15, 0.2) is 29.1 Å². The number of carbonyl (C=O) groups excluding carboxylic acids is 2. The van der Waals surface area contributed by atoms with E-state index < -0.39 is 5.91 Å². The van der Waals surface area contributed by atoms with Crippen molar-refractivity contribution in [2.24, 2.45) is 0 Å². The SMILES string of the molecule is COCCCNC(=O)c1c(NC(=O)c2nn(C(C)C)c(=O)c3ccccc23)sc2c1CCCC2. The van der Waals surface area contributed by atoms with Gasteiger partial charge in [0, 0.05) is 30.5 Å². The molecule has 1 aliphatic carbocycles. The number of aromatic nitrogens is 2. The van der Waals surface area contributed by atoms with Crippen LogP contribution in [-0.2, 0) is 17.6 Å². The highest BCUT2D eigenvalue weighted by atomic mass is 32.1. The highest BCUT2D eigenvalue weighted by Gasteiger charge is 2.27. The van der Waals surface area contributed by atoms with Crippen molar-refractivity contribution < 1.29 is 14.3 Å². The summed E-state index contributed by atoms with van der Waals surface area (Å²) in [5.41, 5.74) is 1.51. The maximum absolute atomic E-state index is 13.5. The molecule has 0 saturated carbocycles. The first-order chi connectivity index (χ1) is 16.4. The molecule has 0 spiro atoms. The topological polar surface area (TPSA) is 102 Å². The Morgan fingerprint density at radius 3 is 2.62 bits per heavy atom. The number of rotatable bonds is 8. The maximum Gasteiger partial charge on any atom is 0.277 e. The molecule has 2 amide bonds. The molecule has 2 aromatic heterocycles. The molecule has 34 heavy (non-hydrogen) atoms. The van der Waals surface area contributed by atoms with Gasteiger partial charge in [-0.2, -0.15) is 5.10 Å². The molecule has 3 aromatic rings. The Kier molecular flexibility index (Phi) is 7.43. The standard InChI is InChI=1S/C25H30N4O4S/c1-15(2)29-25(32)17-10-5-4-9-16(17)21(28-29)23(31)27-24-20(22(30)26-13-8-14-33-3)18-11-6-7-12-19(18)34-24/h4-5,9-10,15H,6-8,11-14H2,1-3H3,(H,26,30)(H,27,31). The van der Waals surface area contributed by atoms with Gasteiger partial charge in [0.05, 0.1) is 17.0 Å². The van der Waals surface area contributed by atoms with Crippen LogP contribution in [0, 0.1) is 0 Å². The summed E-state index contributed by atoms with van der Waals surface area (Å²) in [6.07, 6.45) is 4.53. The van der Waals surface area contributed by atoms with E-state index in [2.05, 4.69) is 15.7 Å². The molecule has 2 heterocycles. The van der Waals surface area contributed by atoms with Crippen molar-refractivity contribution in [1.29, 1.82) is 0 Å². The Bertz CT molecular complexity index is 1280. The van der Waals surface area contributed by atoms with E-state index in [-0.39, 0.29) is 23.2 Å². The van der Waals surface area contributed by atoms with Crippen molar-refractivity contribution >= 4 is 38.9 Å². The van der Waals surface area contributed by atoms with Crippen LogP contribution in [0.3, 0.4) is 0 Å². The van der Waals surface area contributed by atoms with Gasteiger partial charge in [-0.3, -0.25) is 14.4 Å². The molecule has 8 nitrogen and oxygen atoms in total. The fraction of sp³-hybridized carbons (Fsp3) is 0.440. The van der Waals surface area contributed by atoms with Crippen molar-refractivity contribution in [2.75, 3.05) is 25.6 Å². The van der Waals surface area contributed by atoms with Crippen molar-refractivity contribution in [3.05, 3.63) is 56.3 Å². The molecule has 1 aromatic carbocycles. The van der Waals surface area contributed by atoms with Gasteiger partial charge in [-0.05, 0) is 57.6 Å². The van der Waals surface area contributed by atoms with Crippen LogP contribution >= 0.6 is 11.3 Å². The number of methoxy groups -OCH3 is 1. The Morgan fingerprint density at radius 1 is 1.15 bits per heavy atom. The Balaban J connectivity index is 1.71. The zero-order valence-corrected chi connectivity index (χ0v) is 20.6. The first-order valence-electron chi connectivity index (χ1n) is 11.7. The van der Waals surface area contributed by atoms with E-state index in [1.165, 1.54) is 16.0 Å². The Morgan fingerprint density at radius 2 is 1.88 bits per heavy atom. The fourth-order valence-corrected chi connectivity index (χ4v) is 5.57. The molecular formula is C25H30N4O4S. The lowest BCUT2D eigenvalue weighted by Gasteiger charge is -2.14. The lowest BCUT2D eigenvalue weighted by Crippen LogP contribution is -2.29. The molecule has 0 atom stereocenters. The summed E-state index contributed by atoms with van der Waals surface area (Å²) < 4.78 is 6.40. The zero-order valence-electron chi connectivity index (χ0n) is 19.8. The molecule has 0 bridgehead atoms. The van der Waals surface area contributed by atoms with Gasteiger partial charge < -0.3 is 15.4 Å². The molecule has 0 aliphatic heterocycles. The van der Waals surface area contributed by atoms with Crippen LogP contribution in [0.1, 0.15) is 70.4 Å². The smallest absolute Gasteiger partial charge is 0.277 e. The first-order valence-corrected chi connectivity index (χ1v) is 12.5. The highest BCUT2D eigenvalue weighted by Crippen LogP contribution is 2.38. The van der Waals surface area contributed by atoms with Gasteiger partial charge in [0.2, 0.25) is 0 Å². The van der Waals surface area contributed by atoms with Crippen molar-refractivity contribution in [1.82, 2.24) is 15.1 Å². The predicted octanol–water partition coefficient (Wildman–Crippen LogP) is 3.94. The van der Waals surface area contributed by atoms with Gasteiger partial charge in [-0.25, -0.2) is 4.68 Å². The highest BCUT2D eigenvalue weighted by molar-refractivity contribution is 7.17. The van der Waals surface area contributed by atoms with Crippen LogP contribution < -0.4 is 16.2 Å². The van der Waals surface area contributed by atoms with Gasteiger partial charge in [0.1, 0.15) is 5.00 Å². The number of hydrogen-bond acceptors (Lipinski definition) is 6. The summed E-state index contributed by atoms with van der Waals surface area (Å²) in [7, 11) is 1.63. The molecule has 180 valence electrons. The lowest BCUT2D eigenvalue weighted by molar-refractivity contribution is 0.0948. The summed E-state index contributed by atoms with van der Waals surface area (Å²) in [6.45, 7) is 4.76. The summed E-state index contributed by atoms with van der Waals surface area (Å²) >= 11 is 1.46. The molecule has 0 fully saturated rings. The second-order valence-corrected chi connectivity index (χ2v) is 9.81. The van der Waals surface area contributed by atoms with Crippen LogP contribution in [-0.4, -0.2) is 41.9 Å². The molecule has 0 saturated heterocycles. The number of nitrogens with zero attached hydrogens (tertiary/aromatic N) is 2. The summed E-state index contributed by atoms with van der Waals surface area (Å²) in [5.74, 6) is -0.617. The third-order valence-electron chi connectivity index (χ3n) is 5.97. The van der Waals surface area contributed by atoms with E-state index in [9.17, 15) is 14.4 Å². The third kappa shape index (κ3) is 4.76. The van der Waals surface area contributed by atoms with Gasteiger partial charge in [0.15, 0.2) is 5.69 Å². The number of amides is 2. The number of carbonyl (C=O) groups is 2. The van der Waals surface area contributed by atoms with E-state index in [1.807, 2.05) is 13.8 Å². The van der Waals surface area contributed by atoms with Gasteiger partial charge in [-0.15, -0.1) is 11.3 Å². The van der Waals surface area contributed by atoms with E-state index in [1.54, 1.807) is 31.4 Å². The molecule has 0 radical (unpaired) electrons. The zero-order chi connectivity index (χ0) is 24.2. The number of thiophene rings is 1. The van der Waals surface area contributed by atoms with Crippen LogP contribution in [0.25, 0.3) is 10.8 Å². The lowest BCUT2D eigenvalue weighted by atomic mass is 9.95. The summed E-state index contributed by atoms with van der Waals surface area (Å²) in [5, 5.41) is 11.8. The quantitative estimate of drug-likeness (QED) is 0.474. The van der Waals surface area contributed by atoms with Crippen molar-refractivity contribution in [3.63, 3.8) is 0 Å². The van der Waals surface area contributed by atoms with E-state index >= 15 is 0 Å². The monoisotopic (exact) mass is 482 g/mol. The number of anilines is 1. The van der Waals surface area contributed by atoms with E-state index in [0.29, 0.717) is 40.9 Å². The second-order valence-electron chi connectivity index (χ2n) is 8.71. The molecule has 4 rings (SSSR count). The van der Waals surface area contributed by atoms with Crippen molar-refractivity contribution in [3.8, 4) is 0 Å². The maximum atomic E-state index is 13.5. The minimum atomic E-state index is -0.433. The average molecular weight is 483 g/mol. The summed E-state index contributed by atoms with van der Waals surface area (Å²) in [4.78, 5) is 40.6. The van der Waals surface area contributed by atoms with Gasteiger partial charge >= 0.3 is 0 Å². The average Bonchev–Trinajstić information content (AvgIpc) is 3.19. The Labute approximate surface area is 202 Å². The molecule has 0 unspecified atom stereocenters. The minimum absolute atomic E-state index is 0.168. The van der Waals surface area contributed by atoms with E-state index in [4.69, 9.17) is 4.74 Å². The number of benzene rings is 1. The molecular weight excluding hydrogens is 452 g/mol. The van der Waals surface area contributed by atoms with Gasteiger partial charge in [0.25, 0.3) is 17.4 Å². The van der Waals surface area contributed by atoms with E-state index in [0.717, 1.165) is 36.1 Å². The third-order valence-corrected chi connectivity index (χ3v) is 7.18. The second kappa shape index (κ2) is 10.5. The fourth-order valence-electron chi connectivity index (χ4n) is 4.29. The normalized spacial score (nSPS) is 13.2. The van der Waals surface area contributed by atoms with Crippen LogP contribution in [0.2, 0.25) is 0 Å². The predicted molar refractivity (Wildman–Crippen MR) is 134 cm³/mol. The number of nitrogens with one attached hydrogen (secondary N) is 2. The molecule has 1 aliphatic rings. The summed E-state index contributed by atoms with van der Waals surface area (Å²) in [6, 6.07) is 6.79. The van der Waals surface area contributed by atoms with Crippen LogP contribution in [0.4, 0.5) is 5.00 Å². The number of hydrogen-bond donors (Lipinski definition) is 2. The Hall–Kier alpha value is -3.04. The first kappa shape index (κ1) is 24.1. The number of ether oxygens (including phenoxy) is 1. The largest absolute Gasteiger partial charge is 0.385 e. The minimum Gasteiger partial charge on any atom is -0.385 e. The van der Waals surface area contributed by atoms with Crippen LogP contribution in [0.5, 0.6) is 0 Å². The number of aryl methyl sites for hydroxylation is 1. The van der Waals surface area contributed by atoms with Crippen molar-refractivity contribution in [2.45, 2.75) is 52.0 Å². The van der Waals surface area contributed by atoms with Gasteiger partial charge in [-0.1, -0.05) is 18.2 Å².